The molecule has 1 heterocycles. The van der Waals surface area contributed by atoms with Crippen molar-refractivity contribution in [1.29, 1.82) is 0 Å². The van der Waals surface area contributed by atoms with E-state index in [9.17, 15) is 4.79 Å². The first kappa shape index (κ1) is 11.8. The molecule has 0 saturated carbocycles. The molecule has 15 heavy (non-hydrogen) atoms. The predicted octanol–water partition coefficient (Wildman–Crippen LogP) is 1.70. The highest BCUT2D eigenvalue weighted by Gasteiger charge is 2.12. The molecule has 0 fully saturated rings. The Morgan fingerprint density at radius 1 is 1.47 bits per heavy atom. The van der Waals surface area contributed by atoms with Crippen LogP contribution >= 0.6 is 0 Å². The third-order valence-corrected chi connectivity index (χ3v) is 2.59. The van der Waals surface area contributed by atoms with Gasteiger partial charge in [0.15, 0.2) is 0 Å². The SMILES string of the molecule is CCCc1nn(C)c(CCC(=O)O)c1C. The van der Waals surface area contributed by atoms with Gasteiger partial charge >= 0.3 is 5.97 Å². The highest BCUT2D eigenvalue weighted by Crippen LogP contribution is 2.15. The smallest absolute Gasteiger partial charge is 0.303 e. The minimum atomic E-state index is -0.757. The first-order valence-electron chi connectivity index (χ1n) is 5.29. The van der Waals surface area contributed by atoms with Crippen molar-refractivity contribution >= 4 is 5.97 Å². The summed E-state index contributed by atoms with van der Waals surface area (Å²) in [6.07, 6.45) is 2.77. The number of rotatable bonds is 5. The van der Waals surface area contributed by atoms with Crippen LogP contribution in [0.1, 0.15) is 36.7 Å². The van der Waals surface area contributed by atoms with Crippen molar-refractivity contribution < 1.29 is 9.90 Å². The zero-order valence-electron chi connectivity index (χ0n) is 9.58. The van der Waals surface area contributed by atoms with Gasteiger partial charge in [-0.25, -0.2) is 0 Å². The van der Waals surface area contributed by atoms with Gasteiger partial charge in [-0.3, -0.25) is 9.48 Å². The minimum absolute atomic E-state index is 0.173. The van der Waals surface area contributed by atoms with E-state index >= 15 is 0 Å². The molecule has 0 aliphatic carbocycles. The maximum Gasteiger partial charge on any atom is 0.303 e. The molecular weight excluding hydrogens is 192 g/mol. The Labute approximate surface area is 89.9 Å². The van der Waals surface area contributed by atoms with Gasteiger partial charge < -0.3 is 5.11 Å². The average Bonchev–Trinajstić information content (AvgIpc) is 2.40. The number of hydrogen-bond acceptors (Lipinski definition) is 2. The molecule has 0 aliphatic rings. The summed E-state index contributed by atoms with van der Waals surface area (Å²) in [7, 11) is 1.88. The van der Waals surface area contributed by atoms with Crippen LogP contribution in [0.25, 0.3) is 0 Å². The number of carbonyl (C=O) groups is 1. The molecule has 1 aromatic rings. The molecule has 1 N–H and O–H groups in total. The van der Waals surface area contributed by atoms with Gasteiger partial charge in [-0.15, -0.1) is 0 Å². The third-order valence-electron chi connectivity index (χ3n) is 2.59. The molecule has 4 heteroatoms. The minimum Gasteiger partial charge on any atom is -0.481 e. The second-order valence-electron chi connectivity index (χ2n) is 3.79. The van der Waals surface area contributed by atoms with E-state index in [0.717, 1.165) is 29.8 Å². The molecule has 0 atom stereocenters. The topological polar surface area (TPSA) is 55.1 Å². The largest absolute Gasteiger partial charge is 0.481 e. The lowest BCUT2D eigenvalue weighted by Gasteiger charge is -2.00. The molecule has 1 rings (SSSR count). The van der Waals surface area contributed by atoms with Crippen LogP contribution in [-0.4, -0.2) is 20.9 Å². The van der Waals surface area contributed by atoms with Crippen molar-refractivity contribution in [3.05, 3.63) is 17.0 Å². The summed E-state index contributed by atoms with van der Waals surface area (Å²) in [5.41, 5.74) is 3.29. The number of nitrogens with zero attached hydrogens (tertiary/aromatic N) is 2. The molecule has 0 radical (unpaired) electrons. The van der Waals surface area contributed by atoms with E-state index in [2.05, 4.69) is 12.0 Å². The molecule has 4 nitrogen and oxygen atoms in total. The zero-order chi connectivity index (χ0) is 11.4. The summed E-state index contributed by atoms with van der Waals surface area (Å²) < 4.78 is 1.81. The number of carboxylic acid groups (broad SMARTS) is 1. The van der Waals surface area contributed by atoms with Gasteiger partial charge in [-0.1, -0.05) is 13.3 Å². The fourth-order valence-electron chi connectivity index (χ4n) is 1.77. The molecule has 0 aliphatic heterocycles. The van der Waals surface area contributed by atoms with Crippen molar-refractivity contribution in [3.63, 3.8) is 0 Å². The van der Waals surface area contributed by atoms with Gasteiger partial charge in [-0.05, 0) is 18.9 Å². The number of aromatic nitrogens is 2. The van der Waals surface area contributed by atoms with Crippen LogP contribution in [0.5, 0.6) is 0 Å². The Balaban J connectivity index is 2.82. The maximum atomic E-state index is 10.5. The van der Waals surface area contributed by atoms with Crippen LogP contribution in [0.4, 0.5) is 0 Å². The molecule has 0 amide bonds. The Morgan fingerprint density at radius 3 is 2.67 bits per heavy atom. The monoisotopic (exact) mass is 210 g/mol. The first-order valence-corrected chi connectivity index (χ1v) is 5.29. The fraction of sp³-hybridized carbons (Fsp3) is 0.636. The van der Waals surface area contributed by atoms with E-state index in [1.807, 2.05) is 18.7 Å². The summed E-state index contributed by atoms with van der Waals surface area (Å²) in [6.45, 7) is 4.14. The average molecular weight is 210 g/mol. The van der Waals surface area contributed by atoms with Crippen molar-refractivity contribution in [2.45, 2.75) is 39.5 Å². The van der Waals surface area contributed by atoms with Gasteiger partial charge in [0, 0.05) is 19.2 Å². The predicted molar refractivity (Wildman–Crippen MR) is 57.9 cm³/mol. The Kier molecular flexibility index (Phi) is 3.88. The van der Waals surface area contributed by atoms with Gasteiger partial charge in [0.1, 0.15) is 0 Å². The standard InChI is InChI=1S/C11H18N2O2/c1-4-5-9-8(2)10(13(3)12-9)6-7-11(14)15/h4-7H2,1-3H3,(H,14,15). The third kappa shape index (κ3) is 2.81. The van der Waals surface area contributed by atoms with E-state index in [1.165, 1.54) is 0 Å². The summed E-state index contributed by atoms with van der Waals surface area (Å²) in [4.78, 5) is 10.5. The highest BCUT2D eigenvalue weighted by atomic mass is 16.4. The van der Waals surface area contributed by atoms with E-state index < -0.39 is 5.97 Å². The fourth-order valence-corrected chi connectivity index (χ4v) is 1.77. The van der Waals surface area contributed by atoms with Crippen LogP contribution in [0.2, 0.25) is 0 Å². The molecule has 84 valence electrons. The van der Waals surface area contributed by atoms with E-state index in [1.54, 1.807) is 0 Å². The Bertz CT molecular complexity index is 356. The van der Waals surface area contributed by atoms with Crippen molar-refractivity contribution in [2.24, 2.45) is 7.05 Å². The summed E-state index contributed by atoms with van der Waals surface area (Å²) in [6, 6.07) is 0. The van der Waals surface area contributed by atoms with E-state index in [4.69, 9.17) is 5.11 Å². The van der Waals surface area contributed by atoms with Crippen LogP contribution in [0, 0.1) is 6.92 Å². The normalized spacial score (nSPS) is 10.6. The molecular formula is C11H18N2O2. The van der Waals surface area contributed by atoms with Crippen LogP contribution < -0.4 is 0 Å². The van der Waals surface area contributed by atoms with Gasteiger partial charge in [0.25, 0.3) is 0 Å². The zero-order valence-corrected chi connectivity index (χ0v) is 9.58. The van der Waals surface area contributed by atoms with Crippen molar-refractivity contribution in [1.82, 2.24) is 9.78 Å². The summed E-state index contributed by atoms with van der Waals surface area (Å²) in [5, 5.41) is 13.0. The van der Waals surface area contributed by atoms with Gasteiger partial charge in [0.2, 0.25) is 0 Å². The lowest BCUT2D eigenvalue weighted by molar-refractivity contribution is -0.136. The lowest BCUT2D eigenvalue weighted by Crippen LogP contribution is -2.03. The molecule has 0 unspecified atom stereocenters. The lowest BCUT2D eigenvalue weighted by atomic mass is 10.1. The van der Waals surface area contributed by atoms with Crippen molar-refractivity contribution in [3.8, 4) is 0 Å². The number of hydrogen-bond donors (Lipinski definition) is 1. The van der Waals surface area contributed by atoms with Gasteiger partial charge in [-0.2, -0.15) is 5.10 Å². The number of aliphatic carboxylic acids is 1. The van der Waals surface area contributed by atoms with E-state index in [0.29, 0.717) is 6.42 Å². The number of aryl methyl sites for hydroxylation is 2. The second kappa shape index (κ2) is 4.96. The molecule has 1 aromatic heterocycles. The maximum absolute atomic E-state index is 10.5. The molecule has 0 aromatic carbocycles. The van der Waals surface area contributed by atoms with Crippen LogP contribution in [0.3, 0.4) is 0 Å². The highest BCUT2D eigenvalue weighted by molar-refractivity contribution is 5.67. The Hall–Kier alpha value is -1.32. The van der Waals surface area contributed by atoms with E-state index in [-0.39, 0.29) is 6.42 Å². The summed E-state index contributed by atoms with van der Waals surface area (Å²) >= 11 is 0. The molecule has 0 saturated heterocycles. The van der Waals surface area contributed by atoms with Crippen molar-refractivity contribution in [2.75, 3.05) is 0 Å². The first-order chi connectivity index (χ1) is 7.06. The van der Waals surface area contributed by atoms with Crippen LogP contribution in [0.15, 0.2) is 0 Å². The van der Waals surface area contributed by atoms with Crippen LogP contribution in [-0.2, 0) is 24.7 Å². The number of carboxylic acids is 1. The molecule has 0 bridgehead atoms. The van der Waals surface area contributed by atoms with Gasteiger partial charge in [0.05, 0.1) is 12.1 Å². The Morgan fingerprint density at radius 2 is 2.13 bits per heavy atom. The molecule has 0 spiro atoms. The second-order valence-corrected chi connectivity index (χ2v) is 3.79. The summed E-state index contributed by atoms with van der Waals surface area (Å²) in [5.74, 6) is -0.757. The quantitative estimate of drug-likeness (QED) is 0.804.